The smallest absolute Gasteiger partial charge is 0.253 e. The first kappa shape index (κ1) is 16.7. The van der Waals surface area contributed by atoms with E-state index in [2.05, 4.69) is 20.3 Å². The molecule has 1 aromatic carbocycles. The van der Waals surface area contributed by atoms with Crippen molar-refractivity contribution in [1.29, 1.82) is 0 Å². The van der Waals surface area contributed by atoms with Crippen molar-refractivity contribution in [2.24, 2.45) is 0 Å². The first-order chi connectivity index (χ1) is 12.7. The normalized spacial score (nSPS) is 17.9. The summed E-state index contributed by atoms with van der Waals surface area (Å²) in [5, 5.41) is 7.08. The minimum atomic E-state index is 0.0252. The molecule has 2 heterocycles. The molecule has 1 N–H and O–H groups in total. The maximum absolute atomic E-state index is 12.7. The first-order valence-electron chi connectivity index (χ1n) is 8.95. The second kappa shape index (κ2) is 7.25. The van der Waals surface area contributed by atoms with Crippen LogP contribution in [0.4, 0.5) is 0 Å². The average Bonchev–Trinajstić information content (AvgIpc) is 3.30. The van der Waals surface area contributed by atoms with Crippen LogP contribution in [0.2, 0.25) is 0 Å². The van der Waals surface area contributed by atoms with E-state index in [1.54, 1.807) is 11.0 Å². The van der Waals surface area contributed by atoms with Crippen LogP contribution in [0.25, 0.3) is 5.69 Å². The van der Waals surface area contributed by atoms with Gasteiger partial charge in [0.1, 0.15) is 12.7 Å². The van der Waals surface area contributed by atoms with E-state index in [-0.39, 0.29) is 11.8 Å². The topological polar surface area (TPSA) is 83.4 Å². The van der Waals surface area contributed by atoms with E-state index >= 15 is 0 Å². The molecule has 2 fully saturated rings. The van der Waals surface area contributed by atoms with Gasteiger partial charge in [0.25, 0.3) is 5.91 Å². The third-order valence-electron chi connectivity index (χ3n) is 4.77. The molecule has 2 aliphatic rings. The lowest BCUT2D eigenvalue weighted by Crippen LogP contribution is -2.51. The fourth-order valence-corrected chi connectivity index (χ4v) is 3.09. The zero-order chi connectivity index (χ0) is 17.9. The fraction of sp³-hybridized carbons (Fsp3) is 0.444. The van der Waals surface area contributed by atoms with Gasteiger partial charge >= 0.3 is 0 Å². The Balaban J connectivity index is 1.29. The maximum atomic E-state index is 12.7. The number of carbonyl (C=O) groups excluding carboxylic acids is 2. The van der Waals surface area contributed by atoms with Crippen molar-refractivity contribution in [2.75, 3.05) is 32.7 Å². The van der Waals surface area contributed by atoms with Gasteiger partial charge < -0.3 is 10.2 Å². The zero-order valence-electron chi connectivity index (χ0n) is 14.5. The van der Waals surface area contributed by atoms with E-state index in [9.17, 15) is 9.59 Å². The highest BCUT2D eigenvalue weighted by molar-refractivity contribution is 5.94. The van der Waals surface area contributed by atoms with Crippen LogP contribution in [0.15, 0.2) is 36.9 Å². The molecule has 4 rings (SSSR count). The molecule has 8 heteroatoms. The van der Waals surface area contributed by atoms with Crippen LogP contribution in [-0.4, -0.2) is 75.1 Å². The van der Waals surface area contributed by atoms with Crippen LogP contribution >= 0.6 is 0 Å². The molecule has 1 aliphatic heterocycles. The van der Waals surface area contributed by atoms with Crippen LogP contribution in [0.5, 0.6) is 0 Å². The molecule has 0 atom stereocenters. The lowest BCUT2D eigenvalue weighted by molar-refractivity contribution is -0.122. The summed E-state index contributed by atoms with van der Waals surface area (Å²) in [6.45, 7) is 3.15. The molecule has 0 bridgehead atoms. The summed E-state index contributed by atoms with van der Waals surface area (Å²) >= 11 is 0. The summed E-state index contributed by atoms with van der Waals surface area (Å²) in [7, 11) is 0. The van der Waals surface area contributed by atoms with Gasteiger partial charge in [0, 0.05) is 37.8 Å². The Kier molecular flexibility index (Phi) is 4.66. The summed E-state index contributed by atoms with van der Waals surface area (Å²) in [6, 6.07) is 7.75. The number of amides is 2. The Labute approximate surface area is 151 Å². The second-order valence-electron chi connectivity index (χ2n) is 6.80. The molecule has 0 spiro atoms. The number of nitrogens with one attached hydrogen (secondary N) is 1. The number of nitrogens with zero attached hydrogens (tertiary/aromatic N) is 5. The predicted octanol–water partition coefficient (Wildman–Crippen LogP) is 0.304. The van der Waals surface area contributed by atoms with Gasteiger partial charge in [0.2, 0.25) is 5.91 Å². The third-order valence-corrected chi connectivity index (χ3v) is 4.77. The molecule has 8 nitrogen and oxygen atoms in total. The molecule has 26 heavy (non-hydrogen) atoms. The van der Waals surface area contributed by atoms with Gasteiger partial charge in [0.15, 0.2) is 0 Å². The van der Waals surface area contributed by atoms with E-state index < -0.39 is 0 Å². The molecule has 0 unspecified atom stereocenters. The molecule has 2 aromatic rings. The summed E-state index contributed by atoms with van der Waals surface area (Å²) in [4.78, 5) is 32.4. The molecule has 1 aliphatic carbocycles. The van der Waals surface area contributed by atoms with Crippen LogP contribution < -0.4 is 5.32 Å². The van der Waals surface area contributed by atoms with E-state index in [1.165, 1.54) is 6.33 Å². The van der Waals surface area contributed by atoms with Crippen molar-refractivity contribution in [3.8, 4) is 5.69 Å². The van der Waals surface area contributed by atoms with Crippen LogP contribution in [0.1, 0.15) is 23.2 Å². The van der Waals surface area contributed by atoms with Crippen LogP contribution in [0, 0.1) is 0 Å². The van der Waals surface area contributed by atoms with E-state index in [0.29, 0.717) is 31.2 Å². The minimum absolute atomic E-state index is 0.0252. The standard InChI is InChI=1S/C18H22N6O2/c25-17(21-15-3-4-15)11-22-7-9-23(10-8-22)18(26)14-1-5-16(6-2-14)24-13-19-12-20-24/h1-2,5-6,12-13,15H,3-4,7-11H2,(H,21,25). The number of aromatic nitrogens is 3. The zero-order valence-corrected chi connectivity index (χ0v) is 14.5. The summed E-state index contributed by atoms with van der Waals surface area (Å²) < 4.78 is 1.65. The number of piperazine rings is 1. The summed E-state index contributed by atoms with van der Waals surface area (Å²) in [5.74, 6) is 0.119. The Bertz CT molecular complexity index is 761. The van der Waals surface area contributed by atoms with E-state index in [0.717, 1.165) is 31.6 Å². The molecule has 136 valence electrons. The average molecular weight is 354 g/mol. The van der Waals surface area contributed by atoms with Crippen molar-refractivity contribution in [1.82, 2.24) is 29.9 Å². The first-order valence-corrected chi connectivity index (χ1v) is 8.95. The molecular formula is C18H22N6O2. The van der Waals surface area contributed by atoms with Gasteiger partial charge in [-0.2, -0.15) is 5.10 Å². The SMILES string of the molecule is O=C(CN1CCN(C(=O)c2ccc(-n3cncn3)cc2)CC1)NC1CC1. The lowest BCUT2D eigenvalue weighted by Gasteiger charge is -2.34. The summed E-state index contributed by atoms with van der Waals surface area (Å²) in [5.41, 5.74) is 1.53. The van der Waals surface area contributed by atoms with Crippen molar-refractivity contribution in [3.63, 3.8) is 0 Å². The monoisotopic (exact) mass is 354 g/mol. The molecule has 1 aromatic heterocycles. The van der Waals surface area contributed by atoms with Gasteiger partial charge in [-0.1, -0.05) is 0 Å². The van der Waals surface area contributed by atoms with Gasteiger partial charge in [-0.3, -0.25) is 14.5 Å². The molecule has 2 amide bonds. The van der Waals surface area contributed by atoms with E-state index in [4.69, 9.17) is 0 Å². The molecule has 1 saturated heterocycles. The van der Waals surface area contributed by atoms with E-state index in [1.807, 2.05) is 29.2 Å². The molecule has 0 radical (unpaired) electrons. The third kappa shape index (κ3) is 3.91. The quantitative estimate of drug-likeness (QED) is 0.835. The van der Waals surface area contributed by atoms with Gasteiger partial charge in [-0.05, 0) is 37.1 Å². The van der Waals surface area contributed by atoms with Crippen molar-refractivity contribution < 1.29 is 9.59 Å². The van der Waals surface area contributed by atoms with Crippen LogP contribution in [0.3, 0.4) is 0 Å². The maximum Gasteiger partial charge on any atom is 0.253 e. The largest absolute Gasteiger partial charge is 0.352 e. The number of carbonyl (C=O) groups is 2. The number of hydrogen-bond acceptors (Lipinski definition) is 5. The van der Waals surface area contributed by atoms with Gasteiger partial charge in [0.05, 0.1) is 12.2 Å². The van der Waals surface area contributed by atoms with Crippen molar-refractivity contribution in [3.05, 3.63) is 42.5 Å². The highest BCUT2D eigenvalue weighted by Gasteiger charge is 2.26. The van der Waals surface area contributed by atoms with Crippen molar-refractivity contribution in [2.45, 2.75) is 18.9 Å². The molecule has 1 saturated carbocycles. The Hall–Kier alpha value is -2.74. The predicted molar refractivity (Wildman–Crippen MR) is 94.9 cm³/mol. The van der Waals surface area contributed by atoms with Crippen LogP contribution in [-0.2, 0) is 4.79 Å². The summed E-state index contributed by atoms with van der Waals surface area (Å²) in [6.07, 6.45) is 5.30. The molecular weight excluding hydrogens is 332 g/mol. The number of benzene rings is 1. The number of hydrogen-bond donors (Lipinski definition) is 1. The van der Waals surface area contributed by atoms with Gasteiger partial charge in [-0.25, -0.2) is 9.67 Å². The van der Waals surface area contributed by atoms with Gasteiger partial charge in [-0.15, -0.1) is 0 Å². The highest BCUT2D eigenvalue weighted by atomic mass is 16.2. The highest BCUT2D eigenvalue weighted by Crippen LogP contribution is 2.18. The van der Waals surface area contributed by atoms with Crippen molar-refractivity contribution >= 4 is 11.8 Å². The Morgan fingerprint density at radius 1 is 1.08 bits per heavy atom. The fourth-order valence-electron chi connectivity index (χ4n) is 3.09. The Morgan fingerprint density at radius 3 is 2.42 bits per heavy atom. The number of rotatable bonds is 5. The minimum Gasteiger partial charge on any atom is -0.352 e. The second-order valence-corrected chi connectivity index (χ2v) is 6.80. The Morgan fingerprint density at radius 2 is 1.81 bits per heavy atom. The lowest BCUT2D eigenvalue weighted by atomic mass is 10.1.